The van der Waals surface area contributed by atoms with Crippen molar-refractivity contribution in [3.8, 4) is 0 Å². The van der Waals surface area contributed by atoms with Crippen molar-refractivity contribution in [1.82, 2.24) is 4.90 Å². The topological polar surface area (TPSA) is 46.3 Å². The second-order valence-electron chi connectivity index (χ2n) is 6.18. The normalized spacial score (nSPS) is 13.2. The number of nitrogens with two attached hydrogens (primary N) is 1. The highest BCUT2D eigenvalue weighted by molar-refractivity contribution is 5.73. The molecule has 2 amide bonds. The molecule has 0 aliphatic heterocycles. The van der Waals surface area contributed by atoms with E-state index in [1.165, 1.54) is 0 Å². The third-order valence-electron chi connectivity index (χ3n) is 4.42. The van der Waals surface area contributed by atoms with Crippen LogP contribution in [-0.2, 0) is 0 Å². The zero-order valence-corrected chi connectivity index (χ0v) is 14.7. The Morgan fingerprint density at radius 1 is 0.833 bits per heavy atom. The van der Waals surface area contributed by atoms with Crippen LogP contribution in [0.2, 0.25) is 0 Å². The molecular weight excluding hydrogens is 296 g/mol. The number of urea groups is 1. The lowest BCUT2D eigenvalue weighted by Crippen LogP contribution is -2.41. The smallest absolute Gasteiger partial charge is 0.315 e. The third kappa shape index (κ3) is 4.38. The summed E-state index contributed by atoms with van der Waals surface area (Å²) in [6, 6.07) is 20.1. The summed E-state index contributed by atoms with van der Waals surface area (Å²) < 4.78 is 0. The molecule has 24 heavy (non-hydrogen) atoms. The average Bonchev–Trinajstić information content (AvgIpc) is 2.61. The largest absolute Gasteiger partial charge is 0.351 e. The van der Waals surface area contributed by atoms with E-state index in [0.29, 0.717) is 0 Å². The maximum absolute atomic E-state index is 12.4. The number of amides is 2. The molecule has 0 heterocycles. The fraction of sp³-hybridized carbons (Fsp3) is 0.381. The van der Waals surface area contributed by atoms with Crippen molar-refractivity contribution < 1.29 is 4.79 Å². The van der Waals surface area contributed by atoms with Gasteiger partial charge in [0, 0.05) is 0 Å². The average molecular weight is 324 g/mol. The van der Waals surface area contributed by atoms with Gasteiger partial charge in [-0.2, -0.15) is 0 Å². The highest BCUT2D eigenvalue weighted by Crippen LogP contribution is 2.36. The van der Waals surface area contributed by atoms with Gasteiger partial charge in [-0.3, -0.25) is 0 Å². The molecule has 0 fully saturated rings. The van der Waals surface area contributed by atoms with E-state index in [1.54, 1.807) is 0 Å². The first-order valence-corrected chi connectivity index (χ1v) is 8.86. The van der Waals surface area contributed by atoms with Crippen molar-refractivity contribution in [3.05, 3.63) is 71.8 Å². The zero-order chi connectivity index (χ0) is 17.4. The molecule has 2 N–H and O–H groups in total. The standard InChI is InChI=1S/C21H28N2O/c1-3-11-19(17-13-7-5-8-14-17)23(21(22)24)20(12-4-2)18-15-9-6-10-16-18/h5-10,13-16,19-20H,3-4,11-12H2,1-2H3,(H2,22,24). The number of carbonyl (C=O) groups excluding carboxylic acids is 1. The van der Waals surface area contributed by atoms with Gasteiger partial charge in [0.25, 0.3) is 0 Å². The monoisotopic (exact) mass is 324 g/mol. The van der Waals surface area contributed by atoms with Gasteiger partial charge in [-0.15, -0.1) is 0 Å². The number of hydrogen-bond donors (Lipinski definition) is 1. The highest BCUT2D eigenvalue weighted by Gasteiger charge is 2.30. The van der Waals surface area contributed by atoms with Crippen LogP contribution in [0.25, 0.3) is 0 Å². The van der Waals surface area contributed by atoms with Crippen LogP contribution in [-0.4, -0.2) is 10.9 Å². The van der Waals surface area contributed by atoms with Crippen LogP contribution in [0.5, 0.6) is 0 Å². The Labute approximate surface area is 145 Å². The van der Waals surface area contributed by atoms with Gasteiger partial charge < -0.3 is 10.6 Å². The number of carbonyl (C=O) groups is 1. The molecule has 0 aliphatic carbocycles. The van der Waals surface area contributed by atoms with Crippen molar-refractivity contribution in [1.29, 1.82) is 0 Å². The summed E-state index contributed by atoms with van der Waals surface area (Å²) >= 11 is 0. The lowest BCUT2D eigenvalue weighted by molar-refractivity contribution is 0.140. The predicted molar refractivity (Wildman–Crippen MR) is 99.6 cm³/mol. The summed E-state index contributed by atoms with van der Waals surface area (Å²) in [5.74, 6) is 0. The molecule has 0 aromatic heterocycles. The molecule has 0 bridgehead atoms. The number of benzene rings is 2. The molecule has 2 aromatic carbocycles. The first kappa shape index (κ1) is 18.1. The van der Waals surface area contributed by atoms with E-state index in [0.717, 1.165) is 36.8 Å². The summed E-state index contributed by atoms with van der Waals surface area (Å²) in [5, 5.41) is 0. The molecule has 2 atom stereocenters. The van der Waals surface area contributed by atoms with Crippen molar-refractivity contribution in [2.75, 3.05) is 0 Å². The molecule has 2 rings (SSSR count). The molecule has 3 nitrogen and oxygen atoms in total. The van der Waals surface area contributed by atoms with Gasteiger partial charge in [0.2, 0.25) is 0 Å². The van der Waals surface area contributed by atoms with Gasteiger partial charge in [0.15, 0.2) is 0 Å². The second kappa shape index (κ2) is 9.11. The van der Waals surface area contributed by atoms with Gasteiger partial charge in [-0.25, -0.2) is 4.79 Å². The van der Waals surface area contributed by atoms with E-state index < -0.39 is 0 Å². The first-order chi connectivity index (χ1) is 11.7. The van der Waals surface area contributed by atoms with Crippen molar-refractivity contribution in [2.45, 2.75) is 51.6 Å². The van der Waals surface area contributed by atoms with Crippen molar-refractivity contribution in [3.63, 3.8) is 0 Å². The molecule has 0 saturated carbocycles. The van der Waals surface area contributed by atoms with Gasteiger partial charge in [-0.05, 0) is 24.0 Å². The number of hydrogen-bond acceptors (Lipinski definition) is 1. The van der Waals surface area contributed by atoms with Crippen LogP contribution in [0.15, 0.2) is 60.7 Å². The summed E-state index contributed by atoms with van der Waals surface area (Å²) in [7, 11) is 0. The molecular formula is C21H28N2O. The Balaban J connectivity index is 2.45. The SMILES string of the molecule is CCCC(c1ccccc1)N(C(N)=O)C(CCC)c1ccccc1. The van der Waals surface area contributed by atoms with Crippen LogP contribution >= 0.6 is 0 Å². The van der Waals surface area contributed by atoms with Crippen molar-refractivity contribution >= 4 is 6.03 Å². The summed E-state index contributed by atoms with van der Waals surface area (Å²) in [4.78, 5) is 14.3. The van der Waals surface area contributed by atoms with Crippen LogP contribution in [0.3, 0.4) is 0 Å². The fourth-order valence-corrected chi connectivity index (χ4v) is 3.35. The predicted octanol–water partition coefficient (Wildman–Crippen LogP) is 5.45. The van der Waals surface area contributed by atoms with E-state index in [9.17, 15) is 4.79 Å². The summed E-state index contributed by atoms with van der Waals surface area (Å²) in [5.41, 5.74) is 8.16. The van der Waals surface area contributed by atoms with Gasteiger partial charge in [-0.1, -0.05) is 87.4 Å². The zero-order valence-electron chi connectivity index (χ0n) is 14.7. The Kier molecular flexibility index (Phi) is 6.86. The fourth-order valence-electron chi connectivity index (χ4n) is 3.35. The Bertz CT molecular complexity index is 563. The van der Waals surface area contributed by atoms with Crippen LogP contribution in [0.4, 0.5) is 4.79 Å². The van der Waals surface area contributed by atoms with Crippen LogP contribution < -0.4 is 5.73 Å². The van der Waals surface area contributed by atoms with E-state index in [-0.39, 0.29) is 18.1 Å². The Morgan fingerprint density at radius 3 is 1.50 bits per heavy atom. The molecule has 0 radical (unpaired) electrons. The van der Waals surface area contributed by atoms with E-state index in [2.05, 4.69) is 38.1 Å². The minimum absolute atomic E-state index is 0.00505. The first-order valence-electron chi connectivity index (χ1n) is 8.86. The van der Waals surface area contributed by atoms with E-state index in [4.69, 9.17) is 5.73 Å². The maximum atomic E-state index is 12.4. The second-order valence-corrected chi connectivity index (χ2v) is 6.18. The minimum Gasteiger partial charge on any atom is -0.351 e. The Hall–Kier alpha value is -2.29. The van der Waals surface area contributed by atoms with Gasteiger partial charge in [0.1, 0.15) is 0 Å². The quantitative estimate of drug-likeness (QED) is 0.689. The molecule has 128 valence electrons. The molecule has 0 aliphatic rings. The highest BCUT2D eigenvalue weighted by atomic mass is 16.2. The van der Waals surface area contributed by atoms with Crippen molar-refractivity contribution in [2.24, 2.45) is 5.73 Å². The van der Waals surface area contributed by atoms with E-state index in [1.807, 2.05) is 41.3 Å². The maximum Gasteiger partial charge on any atom is 0.315 e. The lowest BCUT2D eigenvalue weighted by Gasteiger charge is -2.38. The van der Waals surface area contributed by atoms with Crippen LogP contribution in [0.1, 0.15) is 62.7 Å². The summed E-state index contributed by atoms with van der Waals surface area (Å²) in [6.07, 6.45) is 3.80. The third-order valence-corrected chi connectivity index (χ3v) is 4.42. The minimum atomic E-state index is -0.348. The van der Waals surface area contributed by atoms with Crippen LogP contribution in [0, 0.1) is 0 Å². The molecule has 0 saturated heterocycles. The van der Waals surface area contributed by atoms with E-state index >= 15 is 0 Å². The van der Waals surface area contributed by atoms with Gasteiger partial charge in [0.05, 0.1) is 12.1 Å². The Morgan fingerprint density at radius 2 is 1.21 bits per heavy atom. The number of nitrogens with zero attached hydrogens (tertiary/aromatic N) is 1. The number of rotatable bonds is 8. The number of primary amides is 1. The lowest BCUT2D eigenvalue weighted by atomic mass is 9.94. The molecule has 2 unspecified atom stereocenters. The molecule has 0 spiro atoms. The summed E-state index contributed by atoms with van der Waals surface area (Å²) in [6.45, 7) is 4.29. The molecule has 2 aromatic rings. The molecule has 3 heteroatoms. The van der Waals surface area contributed by atoms with Gasteiger partial charge >= 0.3 is 6.03 Å².